The van der Waals surface area contributed by atoms with E-state index in [1.165, 1.54) is 7.11 Å². The largest absolute Gasteiger partial charge is 0.496 e. The van der Waals surface area contributed by atoms with Crippen molar-refractivity contribution in [2.45, 2.75) is 0 Å². The van der Waals surface area contributed by atoms with E-state index in [0.29, 0.717) is 26.9 Å². The number of halogens is 1. The normalized spacial score (nSPS) is 10.5. The van der Waals surface area contributed by atoms with Crippen LogP contribution in [0.3, 0.4) is 0 Å². The fraction of sp³-hybridized carbons (Fsp3) is 0.118. The van der Waals surface area contributed by atoms with E-state index < -0.39 is 18.5 Å². The Morgan fingerprint density at radius 2 is 1.88 bits per heavy atom. The summed E-state index contributed by atoms with van der Waals surface area (Å²) < 4.78 is 10.7. The van der Waals surface area contributed by atoms with E-state index in [2.05, 4.69) is 31.2 Å². The standard InChI is InChI=1S/C17H14BrN3O5/c1-25-14-5-2-9(6-11(14)18)16(23)26-8-15(22)19-10-3-4-12-13(7-10)21-17(24)20-12/h2-7H,8H2,1H3,(H,19,22)(H2,20,21,24). The van der Waals surface area contributed by atoms with Crippen LogP contribution in [0.15, 0.2) is 45.7 Å². The lowest BCUT2D eigenvalue weighted by Gasteiger charge is -2.08. The zero-order chi connectivity index (χ0) is 18.7. The van der Waals surface area contributed by atoms with Gasteiger partial charge in [-0.2, -0.15) is 0 Å². The maximum absolute atomic E-state index is 12.0. The van der Waals surface area contributed by atoms with Gasteiger partial charge in [-0.1, -0.05) is 0 Å². The van der Waals surface area contributed by atoms with Crippen LogP contribution in [0.1, 0.15) is 10.4 Å². The molecule has 0 radical (unpaired) electrons. The Bertz CT molecular complexity index is 1040. The number of hydrogen-bond acceptors (Lipinski definition) is 5. The minimum Gasteiger partial charge on any atom is -0.496 e. The average Bonchev–Trinajstić information content (AvgIpc) is 2.98. The van der Waals surface area contributed by atoms with Gasteiger partial charge in [-0.15, -0.1) is 0 Å². The zero-order valence-electron chi connectivity index (χ0n) is 13.6. The van der Waals surface area contributed by atoms with E-state index in [4.69, 9.17) is 9.47 Å². The van der Waals surface area contributed by atoms with Gasteiger partial charge in [0.15, 0.2) is 6.61 Å². The van der Waals surface area contributed by atoms with Crippen LogP contribution in [0.25, 0.3) is 11.0 Å². The molecule has 0 aliphatic rings. The molecule has 0 unspecified atom stereocenters. The summed E-state index contributed by atoms with van der Waals surface area (Å²) in [6.45, 7) is -0.440. The molecular weight excluding hydrogens is 406 g/mol. The van der Waals surface area contributed by atoms with E-state index in [1.807, 2.05) is 0 Å². The predicted molar refractivity (Wildman–Crippen MR) is 98.5 cm³/mol. The van der Waals surface area contributed by atoms with Crippen LogP contribution in [0.4, 0.5) is 5.69 Å². The van der Waals surface area contributed by atoms with E-state index in [0.717, 1.165) is 0 Å². The minimum absolute atomic E-state index is 0.289. The van der Waals surface area contributed by atoms with Crippen LogP contribution in [-0.2, 0) is 9.53 Å². The number of benzene rings is 2. The van der Waals surface area contributed by atoms with E-state index in [9.17, 15) is 14.4 Å². The molecule has 2 aromatic carbocycles. The summed E-state index contributed by atoms with van der Waals surface area (Å²) in [6, 6.07) is 9.60. The molecule has 1 heterocycles. The van der Waals surface area contributed by atoms with Gasteiger partial charge >= 0.3 is 11.7 Å². The lowest BCUT2D eigenvalue weighted by molar-refractivity contribution is -0.119. The Kier molecular flexibility index (Phi) is 5.08. The number of fused-ring (bicyclic) bond motifs is 1. The van der Waals surface area contributed by atoms with Crippen molar-refractivity contribution in [1.82, 2.24) is 9.97 Å². The minimum atomic E-state index is -0.631. The van der Waals surface area contributed by atoms with Crippen molar-refractivity contribution in [3.8, 4) is 5.75 Å². The van der Waals surface area contributed by atoms with Crippen molar-refractivity contribution in [2.75, 3.05) is 19.0 Å². The first-order valence-corrected chi connectivity index (χ1v) is 8.28. The monoisotopic (exact) mass is 419 g/mol. The van der Waals surface area contributed by atoms with Gasteiger partial charge in [0, 0.05) is 5.69 Å². The van der Waals surface area contributed by atoms with Gasteiger partial charge in [0.1, 0.15) is 5.75 Å². The van der Waals surface area contributed by atoms with Gasteiger partial charge in [-0.25, -0.2) is 9.59 Å². The molecule has 26 heavy (non-hydrogen) atoms. The van der Waals surface area contributed by atoms with Crippen LogP contribution in [-0.4, -0.2) is 35.6 Å². The number of H-pyrrole nitrogens is 2. The lowest BCUT2D eigenvalue weighted by Crippen LogP contribution is -2.20. The number of anilines is 1. The Balaban J connectivity index is 1.59. The highest BCUT2D eigenvalue weighted by molar-refractivity contribution is 9.10. The molecule has 0 bridgehead atoms. The number of amides is 1. The third-order valence-corrected chi connectivity index (χ3v) is 4.14. The van der Waals surface area contributed by atoms with Crippen molar-refractivity contribution in [2.24, 2.45) is 0 Å². The Labute approximate surface area is 155 Å². The van der Waals surface area contributed by atoms with E-state index in [-0.39, 0.29) is 11.3 Å². The second-order valence-corrected chi connectivity index (χ2v) is 6.17. The summed E-state index contributed by atoms with van der Waals surface area (Å²) in [6.07, 6.45) is 0. The molecule has 0 aliphatic carbocycles. The van der Waals surface area contributed by atoms with Crippen molar-refractivity contribution in [1.29, 1.82) is 0 Å². The lowest BCUT2D eigenvalue weighted by atomic mass is 10.2. The average molecular weight is 420 g/mol. The van der Waals surface area contributed by atoms with Crippen LogP contribution in [0, 0.1) is 0 Å². The summed E-state index contributed by atoms with van der Waals surface area (Å²) in [5, 5.41) is 2.60. The second-order valence-electron chi connectivity index (χ2n) is 5.31. The smallest absolute Gasteiger partial charge is 0.338 e. The maximum atomic E-state index is 12.0. The van der Waals surface area contributed by atoms with Crippen LogP contribution in [0.2, 0.25) is 0 Å². The van der Waals surface area contributed by atoms with Gasteiger partial charge in [0.05, 0.1) is 28.2 Å². The third-order valence-electron chi connectivity index (χ3n) is 3.52. The van der Waals surface area contributed by atoms with Crippen molar-refractivity contribution in [3.63, 3.8) is 0 Å². The fourth-order valence-corrected chi connectivity index (χ4v) is 2.86. The number of carbonyl (C=O) groups excluding carboxylic acids is 2. The SMILES string of the molecule is COc1ccc(C(=O)OCC(=O)Nc2ccc3[nH]c(=O)[nH]c3c2)cc1Br. The zero-order valence-corrected chi connectivity index (χ0v) is 15.2. The first-order chi connectivity index (χ1) is 12.5. The summed E-state index contributed by atoms with van der Waals surface area (Å²) in [4.78, 5) is 40.4. The number of carbonyl (C=O) groups is 2. The number of hydrogen-bond donors (Lipinski definition) is 3. The summed E-state index contributed by atoms with van der Waals surface area (Å²) in [7, 11) is 1.52. The van der Waals surface area contributed by atoms with E-state index in [1.54, 1.807) is 36.4 Å². The molecular formula is C17H14BrN3O5. The van der Waals surface area contributed by atoms with Crippen LogP contribution in [0.5, 0.6) is 5.75 Å². The maximum Gasteiger partial charge on any atom is 0.338 e. The Hall–Kier alpha value is -3.07. The molecule has 0 spiro atoms. The number of aromatic nitrogens is 2. The highest BCUT2D eigenvalue weighted by Gasteiger charge is 2.13. The Morgan fingerprint density at radius 1 is 1.12 bits per heavy atom. The molecule has 8 nitrogen and oxygen atoms in total. The first-order valence-electron chi connectivity index (χ1n) is 7.49. The van der Waals surface area contributed by atoms with E-state index >= 15 is 0 Å². The molecule has 0 aliphatic heterocycles. The van der Waals surface area contributed by atoms with Gasteiger partial charge in [0.25, 0.3) is 5.91 Å². The number of imidazole rings is 1. The number of aromatic amines is 2. The molecule has 1 amide bonds. The number of esters is 1. The summed E-state index contributed by atoms with van der Waals surface area (Å²) in [5.74, 6) is -0.547. The molecule has 0 fully saturated rings. The molecule has 3 N–H and O–H groups in total. The molecule has 1 aromatic heterocycles. The molecule has 9 heteroatoms. The summed E-state index contributed by atoms with van der Waals surface area (Å²) in [5.41, 5.74) is 1.62. The summed E-state index contributed by atoms with van der Waals surface area (Å²) >= 11 is 3.28. The second kappa shape index (κ2) is 7.44. The molecule has 3 aromatic rings. The Morgan fingerprint density at radius 3 is 2.62 bits per heavy atom. The van der Waals surface area contributed by atoms with Gasteiger partial charge < -0.3 is 24.8 Å². The number of rotatable bonds is 5. The third kappa shape index (κ3) is 3.94. The topological polar surface area (TPSA) is 113 Å². The molecule has 0 saturated carbocycles. The number of nitrogens with one attached hydrogen (secondary N) is 3. The van der Waals surface area contributed by atoms with Gasteiger partial charge in [-0.3, -0.25) is 4.79 Å². The van der Waals surface area contributed by atoms with Crippen molar-refractivity contribution in [3.05, 3.63) is 56.9 Å². The molecule has 0 atom stereocenters. The van der Waals surface area contributed by atoms with Crippen LogP contribution >= 0.6 is 15.9 Å². The molecule has 134 valence electrons. The van der Waals surface area contributed by atoms with Gasteiger partial charge in [0.2, 0.25) is 0 Å². The number of ether oxygens (including phenoxy) is 2. The fourth-order valence-electron chi connectivity index (χ4n) is 2.32. The predicted octanol–water partition coefficient (Wildman–Crippen LogP) is 2.42. The van der Waals surface area contributed by atoms with Crippen molar-refractivity contribution < 1.29 is 19.1 Å². The quantitative estimate of drug-likeness (QED) is 0.549. The molecule has 3 rings (SSSR count). The van der Waals surface area contributed by atoms with Crippen molar-refractivity contribution >= 4 is 44.5 Å². The first kappa shape index (κ1) is 17.7. The highest BCUT2D eigenvalue weighted by atomic mass is 79.9. The van der Waals surface area contributed by atoms with Crippen LogP contribution < -0.4 is 15.7 Å². The van der Waals surface area contributed by atoms with Gasteiger partial charge in [-0.05, 0) is 52.3 Å². The molecule has 0 saturated heterocycles. The number of methoxy groups -OCH3 is 1. The highest BCUT2D eigenvalue weighted by Crippen LogP contribution is 2.25.